The van der Waals surface area contributed by atoms with Crippen molar-refractivity contribution < 1.29 is 19.1 Å². The summed E-state index contributed by atoms with van der Waals surface area (Å²) < 4.78 is 9.69. The highest BCUT2D eigenvalue weighted by Gasteiger charge is 2.28. The quantitative estimate of drug-likeness (QED) is 0.221. The summed E-state index contributed by atoms with van der Waals surface area (Å²) >= 11 is 0. The predicted octanol–water partition coefficient (Wildman–Crippen LogP) is 1.87. The highest BCUT2D eigenvalue weighted by Crippen LogP contribution is 2.07. The van der Waals surface area contributed by atoms with Crippen LogP contribution in [0.5, 0.6) is 0 Å². The van der Waals surface area contributed by atoms with Crippen molar-refractivity contribution in [1.29, 1.82) is 0 Å². The van der Waals surface area contributed by atoms with Gasteiger partial charge in [-0.25, -0.2) is 9.59 Å². The lowest BCUT2D eigenvalue weighted by atomic mass is 10.2. The molecule has 0 rings (SSSR count). The van der Waals surface area contributed by atoms with E-state index >= 15 is 0 Å². The van der Waals surface area contributed by atoms with Gasteiger partial charge in [-0.15, -0.1) is 0 Å². The van der Waals surface area contributed by atoms with E-state index in [9.17, 15) is 9.59 Å². The average molecular weight is 270 g/mol. The van der Waals surface area contributed by atoms with Gasteiger partial charge in [-0.1, -0.05) is 17.8 Å². The first kappa shape index (κ1) is 16.8. The van der Waals surface area contributed by atoms with E-state index < -0.39 is 18.1 Å². The van der Waals surface area contributed by atoms with E-state index in [4.69, 9.17) is 15.0 Å². The molecule has 0 aromatic carbocycles. The van der Waals surface area contributed by atoms with Crippen molar-refractivity contribution >= 4 is 12.1 Å². The number of likely N-dealkylation sites (N-methyl/N-ethyl adjacent to an activating group) is 1. The first-order valence-corrected chi connectivity index (χ1v) is 5.76. The van der Waals surface area contributed by atoms with Gasteiger partial charge in [0.05, 0.1) is 6.61 Å². The fourth-order valence-corrected chi connectivity index (χ4v) is 1.29. The van der Waals surface area contributed by atoms with Crippen LogP contribution in [-0.2, 0) is 14.3 Å². The second-order valence-electron chi connectivity index (χ2n) is 3.49. The summed E-state index contributed by atoms with van der Waals surface area (Å²) in [4.78, 5) is 27.1. The molecule has 0 aromatic rings. The number of esters is 1. The largest absolute Gasteiger partial charge is 0.464 e. The molecular formula is C11H18N4O4. The molecule has 0 aliphatic carbocycles. The molecule has 1 unspecified atom stereocenters. The predicted molar refractivity (Wildman–Crippen MR) is 68.4 cm³/mol. The Bertz CT molecular complexity index is 366. The van der Waals surface area contributed by atoms with Gasteiger partial charge in [0.15, 0.2) is 0 Å². The summed E-state index contributed by atoms with van der Waals surface area (Å²) in [5.74, 6) is -0.561. The minimum absolute atomic E-state index is 0.0507. The smallest absolute Gasteiger partial charge is 0.410 e. The number of carbonyl (C=O) groups excluding carboxylic acids is 2. The second-order valence-corrected chi connectivity index (χ2v) is 3.49. The second kappa shape index (κ2) is 9.78. The number of hydrogen-bond donors (Lipinski definition) is 0. The minimum Gasteiger partial charge on any atom is -0.464 e. The zero-order valence-electron chi connectivity index (χ0n) is 11.1. The Kier molecular flexibility index (Phi) is 8.64. The summed E-state index contributed by atoms with van der Waals surface area (Å²) in [7, 11) is 1.42. The molecule has 0 saturated carbocycles. The fourth-order valence-electron chi connectivity index (χ4n) is 1.29. The molecule has 0 aliphatic rings. The molecule has 19 heavy (non-hydrogen) atoms. The number of carbonyl (C=O) groups is 2. The van der Waals surface area contributed by atoms with Crippen molar-refractivity contribution in [1.82, 2.24) is 4.90 Å². The maximum atomic E-state index is 11.7. The van der Waals surface area contributed by atoms with Crippen LogP contribution in [-0.4, -0.2) is 49.8 Å². The van der Waals surface area contributed by atoms with Crippen LogP contribution in [0.3, 0.4) is 0 Å². The maximum absolute atomic E-state index is 11.7. The normalized spacial score (nSPS) is 10.8. The molecular weight excluding hydrogens is 252 g/mol. The van der Waals surface area contributed by atoms with Gasteiger partial charge in [0.1, 0.15) is 12.6 Å². The summed E-state index contributed by atoms with van der Waals surface area (Å²) in [6, 6.07) is -0.845. The van der Waals surface area contributed by atoms with Crippen LogP contribution < -0.4 is 0 Å². The van der Waals surface area contributed by atoms with E-state index in [-0.39, 0.29) is 26.2 Å². The van der Waals surface area contributed by atoms with Gasteiger partial charge in [-0.05, 0) is 18.9 Å². The molecule has 1 amide bonds. The lowest BCUT2D eigenvalue weighted by Crippen LogP contribution is -2.44. The Morgan fingerprint density at radius 3 is 2.74 bits per heavy atom. The van der Waals surface area contributed by atoms with Gasteiger partial charge in [-0.2, -0.15) is 0 Å². The molecule has 0 bridgehead atoms. The summed E-state index contributed by atoms with van der Waals surface area (Å²) in [6.07, 6.45) is 0.923. The molecule has 106 valence electrons. The van der Waals surface area contributed by atoms with Crippen LogP contribution in [0.2, 0.25) is 0 Å². The highest BCUT2D eigenvalue weighted by atomic mass is 16.6. The third-order valence-electron chi connectivity index (χ3n) is 2.20. The molecule has 0 aliphatic heterocycles. The van der Waals surface area contributed by atoms with E-state index in [1.54, 1.807) is 6.92 Å². The van der Waals surface area contributed by atoms with Crippen LogP contribution in [0, 0.1) is 0 Å². The van der Waals surface area contributed by atoms with Gasteiger partial charge < -0.3 is 9.47 Å². The van der Waals surface area contributed by atoms with Crippen LogP contribution in [0.1, 0.15) is 13.3 Å². The molecule has 8 heteroatoms. The fraction of sp³-hybridized carbons (Fsp3) is 0.636. The lowest BCUT2D eigenvalue weighted by molar-refractivity contribution is -0.148. The summed E-state index contributed by atoms with van der Waals surface area (Å²) in [5.41, 5.74) is 8.21. The van der Waals surface area contributed by atoms with Crippen molar-refractivity contribution in [2.24, 2.45) is 5.11 Å². The SMILES string of the molecule is C=CCOC(=O)N(C)C(CCN=[N+]=[N-])C(=O)OCC. The van der Waals surface area contributed by atoms with Crippen LogP contribution >= 0.6 is 0 Å². The Balaban J connectivity index is 4.68. The third kappa shape index (κ3) is 6.32. The van der Waals surface area contributed by atoms with E-state index in [0.29, 0.717) is 0 Å². The van der Waals surface area contributed by atoms with E-state index in [1.807, 2.05) is 0 Å². The molecule has 0 saturated heterocycles. The number of azide groups is 1. The number of amides is 1. The number of ether oxygens (including phenoxy) is 2. The van der Waals surface area contributed by atoms with Gasteiger partial charge in [0.2, 0.25) is 0 Å². The molecule has 0 radical (unpaired) electrons. The van der Waals surface area contributed by atoms with E-state index in [0.717, 1.165) is 4.90 Å². The summed E-state index contributed by atoms with van der Waals surface area (Å²) in [6.45, 7) is 5.42. The van der Waals surface area contributed by atoms with Crippen LogP contribution in [0.4, 0.5) is 4.79 Å². The van der Waals surface area contributed by atoms with Crippen molar-refractivity contribution in [3.8, 4) is 0 Å². The Hall–Kier alpha value is -2.21. The zero-order chi connectivity index (χ0) is 14.7. The molecule has 0 N–H and O–H groups in total. The molecule has 0 heterocycles. The van der Waals surface area contributed by atoms with Gasteiger partial charge in [-0.3, -0.25) is 4.90 Å². The maximum Gasteiger partial charge on any atom is 0.410 e. The topological polar surface area (TPSA) is 105 Å². The van der Waals surface area contributed by atoms with Gasteiger partial charge >= 0.3 is 12.1 Å². The molecule has 8 nitrogen and oxygen atoms in total. The molecule has 1 atom stereocenters. The average Bonchev–Trinajstić information content (AvgIpc) is 2.40. The van der Waals surface area contributed by atoms with Crippen LogP contribution in [0.15, 0.2) is 17.8 Å². The lowest BCUT2D eigenvalue weighted by Gasteiger charge is -2.25. The summed E-state index contributed by atoms with van der Waals surface area (Å²) in [5, 5.41) is 3.34. The Morgan fingerprint density at radius 1 is 1.53 bits per heavy atom. The minimum atomic E-state index is -0.845. The van der Waals surface area contributed by atoms with Crippen molar-refractivity contribution in [3.05, 3.63) is 23.1 Å². The Labute approximate surface area is 111 Å². The first-order chi connectivity index (χ1) is 9.08. The molecule has 0 spiro atoms. The highest BCUT2D eigenvalue weighted by molar-refractivity contribution is 5.81. The van der Waals surface area contributed by atoms with E-state index in [2.05, 4.69) is 16.6 Å². The van der Waals surface area contributed by atoms with Crippen molar-refractivity contribution in [2.45, 2.75) is 19.4 Å². The zero-order valence-corrected chi connectivity index (χ0v) is 11.1. The first-order valence-electron chi connectivity index (χ1n) is 5.76. The molecule has 0 aromatic heterocycles. The van der Waals surface area contributed by atoms with Crippen molar-refractivity contribution in [2.75, 3.05) is 26.8 Å². The number of nitrogens with zero attached hydrogens (tertiary/aromatic N) is 4. The standard InChI is InChI=1S/C11H18N4O4/c1-4-8-19-11(17)15(3)9(6-7-13-14-12)10(16)18-5-2/h4,9H,1,5-8H2,2-3H3. The number of hydrogen-bond acceptors (Lipinski definition) is 5. The third-order valence-corrected chi connectivity index (χ3v) is 2.20. The van der Waals surface area contributed by atoms with Gasteiger partial charge in [0, 0.05) is 18.5 Å². The van der Waals surface area contributed by atoms with Gasteiger partial charge in [0.25, 0.3) is 0 Å². The molecule has 0 fully saturated rings. The van der Waals surface area contributed by atoms with E-state index in [1.165, 1.54) is 13.1 Å². The van der Waals surface area contributed by atoms with Crippen molar-refractivity contribution in [3.63, 3.8) is 0 Å². The van der Waals surface area contributed by atoms with Crippen LogP contribution in [0.25, 0.3) is 10.4 Å². The monoisotopic (exact) mass is 270 g/mol. The Morgan fingerprint density at radius 2 is 2.21 bits per heavy atom. The number of rotatable bonds is 8.